The maximum Gasteiger partial charge on any atom is 0.543 e. The van der Waals surface area contributed by atoms with Crippen molar-refractivity contribution >= 4 is 24.9 Å². The molecule has 0 amide bonds. The molecule has 0 bridgehead atoms. The van der Waals surface area contributed by atoms with Gasteiger partial charge in [-0.2, -0.15) is 15.5 Å². The van der Waals surface area contributed by atoms with Gasteiger partial charge in [-0.3, -0.25) is 0 Å². The van der Waals surface area contributed by atoms with Gasteiger partial charge < -0.3 is 0 Å². The number of nitrogens with two attached hydrogens (primary N) is 3. The first-order chi connectivity index (χ1) is 16.8. The Balaban J connectivity index is 1.83. The van der Waals surface area contributed by atoms with Crippen LogP contribution in [0, 0.1) is 0 Å². The smallest absolute Gasteiger partial charge is 0.222 e. The van der Waals surface area contributed by atoms with E-state index < -0.39 is 7.82 Å². The molecule has 3 rings (SSSR count). The largest absolute Gasteiger partial charge is 0.543 e. The lowest BCUT2D eigenvalue weighted by Crippen LogP contribution is -2.38. The highest BCUT2D eigenvalue weighted by Gasteiger charge is 2.37. The van der Waals surface area contributed by atoms with Crippen LogP contribution in [0.3, 0.4) is 0 Å². The summed E-state index contributed by atoms with van der Waals surface area (Å²) in [6.07, 6.45) is 2.57. The topological polar surface area (TPSA) is 133 Å². The second-order valence-corrected chi connectivity index (χ2v) is 9.11. The summed E-state index contributed by atoms with van der Waals surface area (Å²) in [7, 11) is -4.54. The molecule has 0 atom stereocenters. The van der Waals surface area contributed by atoms with Crippen LogP contribution in [0.2, 0.25) is 0 Å². The fourth-order valence-corrected chi connectivity index (χ4v) is 4.16. The average Bonchev–Trinajstić information content (AvgIpc) is 2.88. The van der Waals surface area contributed by atoms with Gasteiger partial charge in [-0.1, -0.05) is 57.2 Å². The van der Waals surface area contributed by atoms with Crippen molar-refractivity contribution < 1.29 is 18.4 Å². The minimum Gasteiger partial charge on any atom is -0.222 e. The number of aryl methyl sites for hydroxylation is 3. The summed E-state index contributed by atoms with van der Waals surface area (Å²) in [5.41, 5.74) is 4.56. The molecule has 10 nitrogen and oxygen atoms in total. The lowest BCUT2D eigenvalue weighted by molar-refractivity contribution is 0.0860. The van der Waals surface area contributed by atoms with Gasteiger partial charge in [0.2, 0.25) is 0 Å². The van der Waals surface area contributed by atoms with Crippen LogP contribution in [0.15, 0.2) is 72.8 Å². The molecule has 188 valence electrons. The second-order valence-electron chi connectivity index (χ2n) is 7.73. The second kappa shape index (κ2) is 12.1. The summed E-state index contributed by atoms with van der Waals surface area (Å²) < 4.78 is 30.1. The molecule has 0 aliphatic rings. The van der Waals surface area contributed by atoms with E-state index in [-0.39, 0.29) is 0 Å². The number of hydrogen-bond acceptors (Lipinski definition) is 10. The van der Waals surface area contributed by atoms with Crippen LogP contribution in [0.25, 0.3) is 0 Å². The van der Waals surface area contributed by atoms with Crippen LogP contribution < -0.4 is 33.0 Å². The van der Waals surface area contributed by atoms with E-state index in [0.717, 1.165) is 51.5 Å². The van der Waals surface area contributed by atoms with E-state index in [1.54, 1.807) is 36.4 Å². The predicted octanol–water partition coefficient (Wildman–Crippen LogP) is 4.72. The van der Waals surface area contributed by atoms with E-state index in [0.29, 0.717) is 17.1 Å². The summed E-state index contributed by atoms with van der Waals surface area (Å²) >= 11 is 0. The third kappa shape index (κ3) is 7.27. The summed E-state index contributed by atoms with van der Waals surface area (Å²) in [5, 5.41) is 2.38. The first-order valence-electron chi connectivity index (χ1n) is 11.4. The molecule has 0 fully saturated rings. The molecule has 35 heavy (non-hydrogen) atoms. The standard InChI is InChI=1S/C24H33N6O4P/c1-4-19-7-13-22(14-8-19)28(25)32-35(31,33-29(26)23-15-9-20(5-2)10-16-23)34-30(27)24-17-11-21(6-3)12-18-24/h7-18H,4-6,25-27H2,1-3H3. The average molecular weight is 501 g/mol. The molecule has 11 heteroatoms. The van der Waals surface area contributed by atoms with Gasteiger partial charge in [0.1, 0.15) is 0 Å². The fourth-order valence-electron chi connectivity index (χ4n) is 3.15. The highest BCUT2D eigenvalue weighted by Crippen LogP contribution is 2.52. The summed E-state index contributed by atoms with van der Waals surface area (Å²) in [6.45, 7) is 6.11. The number of hydrazine groups is 3. The van der Waals surface area contributed by atoms with Gasteiger partial charge in [0.25, 0.3) is 0 Å². The first-order valence-corrected chi connectivity index (χ1v) is 12.8. The van der Waals surface area contributed by atoms with Gasteiger partial charge in [0.15, 0.2) is 0 Å². The lowest BCUT2D eigenvalue weighted by atomic mass is 10.2. The summed E-state index contributed by atoms with van der Waals surface area (Å²) in [6, 6.07) is 21.6. The number of benzene rings is 3. The van der Waals surface area contributed by atoms with Crippen LogP contribution in [0.4, 0.5) is 17.1 Å². The molecule has 0 saturated carbocycles. The molecular weight excluding hydrogens is 467 g/mol. The van der Waals surface area contributed by atoms with E-state index in [1.807, 2.05) is 57.2 Å². The Morgan fingerprint density at radius 3 is 0.971 bits per heavy atom. The summed E-state index contributed by atoms with van der Waals surface area (Å²) in [4.78, 5) is 0. The third-order valence-corrected chi connectivity index (χ3v) is 6.49. The van der Waals surface area contributed by atoms with Crippen LogP contribution in [-0.2, 0) is 37.7 Å². The van der Waals surface area contributed by atoms with Gasteiger partial charge in [0.05, 0.1) is 17.1 Å². The van der Waals surface area contributed by atoms with Gasteiger partial charge in [-0.15, -0.1) is 13.9 Å². The number of hydrogen-bond donors (Lipinski definition) is 3. The molecule has 3 aromatic carbocycles. The molecule has 3 aromatic rings. The van der Waals surface area contributed by atoms with Crippen molar-refractivity contribution in [2.24, 2.45) is 17.5 Å². The molecule has 0 spiro atoms. The monoisotopic (exact) mass is 500 g/mol. The number of rotatable bonds is 12. The first kappa shape index (κ1) is 26.7. The zero-order valence-corrected chi connectivity index (χ0v) is 21.1. The predicted molar refractivity (Wildman–Crippen MR) is 138 cm³/mol. The minimum absolute atomic E-state index is 0.418. The Labute approximate surface area is 206 Å². The van der Waals surface area contributed by atoms with Crippen molar-refractivity contribution in [1.29, 1.82) is 0 Å². The Kier molecular flexibility index (Phi) is 9.25. The Bertz CT molecular complexity index is 971. The molecule has 0 aromatic heterocycles. The Morgan fingerprint density at radius 2 is 0.771 bits per heavy atom. The molecule has 0 unspecified atom stereocenters. The van der Waals surface area contributed by atoms with Crippen LogP contribution in [0.5, 0.6) is 0 Å². The number of anilines is 3. The number of phosphoric acid groups is 1. The molecule has 6 N–H and O–H groups in total. The maximum absolute atomic E-state index is 13.7. The maximum atomic E-state index is 13.7. The zero-order valence-electron chi connectivity index (χ0n) is 20.2. The van der Waals surface area contributed by atoms with Crippen LogP contribution >= 0.6 is 7.82 Å². The van der Waals surface area contributed by atoms with Crippen molar-refractivity contribution in [3.05, 3.63) is 89.5 Å². The molecule has 0 aliphatic carbocycles. The van der Waals surface area contributed by atoms with E-state index in [2.05, 4.69) is 0 Å². The Hall–Kier alpha value is -2.95. The highest BCUT2D eigenvalue weighted by molar-refractivity contribution is 7.48. The van der Waals surface area contributed by atoms with Gasteiger partial charge in [-0.05, 0) is 72.4 Å². The van der Waals surface area contributed by atoms with Gasteiger partial charge >= 0.3 is 7.82 Å². The zero-order chi connectivity index (χ0) is 25.4. The van der Waals surface area contributed by atoms with Crippen molar-refractivity contribution in [1.82, 2.24) is 0 Å². The van der Waals surface area contributed by atoms with Crippen molar-refractivity contribution in [2.75, 3.05) is 15.5 Å². The number of nitrogens with zero attached hydrogens (tertiary/aromatic N) is 3. The fraction of sp³-hybridized carbons (Fsp3) is 0.250. The van der Waals surface area contributed by atoms with Gasteiger partial charge in [-0.25, -0.2) is 22.1 Å². The molecule has 0 saturated heterocycles. The van der Waals surface area contributed by atoms with E-state index in [9.17, 15) is 4.57 Å². The Morgan fingerprint density at radius 1 is 0.543 bits per heavy atom. The summed E-state index contributed by atoms with van der Waals surface area (Å²) in [5.74, 6) is 18.1. The minimum atomic E-state index is -4.54. The molecule has 0 radical (unpaired) electrons. The third-order valence-electron chi connectivity index (χ3n) is 5.36. The SMILES string of the molecule is CCc1ccc(N(N)OP(=O)(ON(N)c2ccc(CC)cc2)ON(N)c2ccc(CC)cc2)cc1. The van der Waals surface area contributed by atoms with Crippen molar-refractivity contribution in [2.45, 2.75) is 40.0 Å². The van der Waals surface area contributed by atoms with E-state index in [1.165, 1.54) is 0 Å². The molecular formula is C24H33N6O4P. The lowest BCUT2D eigenvalue weighted by Gasteiger charge is -2.29. The van der Waals surface area contributed by atoms with Crippen molar-refractivity contribution in [3.8, 4) is 0 Å². The van der Waals surface area contributed by atoms with E-state index >= 15 is 0 Å². The highest BCUT2D eigenvalue weighted by atomic mass is 31.2. The quantitative estimate of drug-likeness (QED) is 0.182. The van der Waals surface area contributed by atoms with E-state index in [4.69, 9.17) is 31.4 Å². The van der Waals surface area contributed by atoms with Crippen molar-refractivity contribution in [3.63, 3.8) is 0 Å². The molecule has 0 aliphatic heterocycles. The molecule has 0 heterocycles. The van der Waals surface area contributed by atoms with Gasteiger partial charge in [0, 0.05) is 0 Å². The van der Waals surface area contributed by atoms with Crippen LogP contribution in [0.1, 0.15) is 37.5 Å². The normalized spacial score (nSPS) is 11.4. The van der Waals surface area contributed by atoms with Crippen LogP contribution in [-0.4, -0.2) is 0 Å².